The minimum atomic E-state index is -0.963. The number of para-hydroxylation sites is 3. The molecule has 1 amide bonds. The standard InChI is InChI=1S/C16H15F2NO3/c1-10(22-14-9-4-3-8-13(14)21-2)16(20)19-15-11(17)6-5-7-12(15)18/h3-10H,1-2H3,(H,19,20)/t10-/m0/s1. The van der Waals surface area contributed by atoms with Crippen LogP contribution >= 0.6 is 0 Å². The number of hydrogen-bond donors (Lipinski definition) is 1. The number of methoxy groups -OCH3 is 1. The molecule has 2 aromatic carbocycles. The highest BCUT2D eigenvalue weighted by Crippen LogP contribution is 2.27. The lowest BCUT2D eigenvalue weighted by Crippen LogP contribution is -2.31. The van der Waals surface area contributed by atoms with Gasteiger partial charge in [0.1, 0.15) is 17.3 Å². The summed E-state index contributed by atoms with van der Waals surface area (Å²) in [5.41, 5.74) is -0.497. The molecule has 0 spiro atoms. The molecular formula is C16H15F2NO3. The molecule has 2 rings (SSSR count). The van der Waals surface area contributed by atoms with Gasteiger partial charge in [-0.2, -0.15) is 0 Å². The van der Waals surface area contributed by atoms with Gasteiger partial charge in [-0.1, -0.05) is 18.2 Å². The monoisotopic (exact) mass is 307 g/mol. The van der Waals surface area contributed by atoms with E-state index in [-0.39, 0.29) is 0 Å². The van der Waals surface area contributed by atoms with Gasteiger partial charge in [0.05, 0.1) is 7.11 Å². The summed E-state index contributed by atoms with van der Waals surface area (Å²) in [6.45, 7) is 1.47. The van der Waals surface area contributed by atoms with Crippen LogP contribution in [0, 0.1) is 11.6 Å². The Kier molecular flexibility index (Phi) is 4.93. The summed E-state index contributed by atoms with van der Waals surface area (Å²) < 4.78 is 37.6. The van der Waals surface area contributed by atoms with Crippen LogP contribution in [0.5, 0.6) is 11.5 Å². The molecule has 0 aliphatic rings. The molecule has 1 atom stereocenters. The molecule has 0 unspecified atom stereocenters. The summed E-state index contributed by atoms with van der Waals surface area (Å²) in [5, 5.41) is 2.18. The van der Waals surface area contributed by atoms with Crippen molar-refractivity contribution in [1.29, 1.82) is 0 Å². The third-order valence-corrected chi connectivity index (χ3v) is 2.95. The molecule has 0 heterocycles. The molecule has 0 radical (unpaired) electrons. The Hall–Kier alpha value is -2.63. The van der Waals surface area contributed by atoms with E-state index in [0.29, 0.717) is 11.5 Å². The molecule has 0 aromatic heterocycles. The van der Waals surface area contributed by atoms with E-state index in [2.05, 4.69) is 5.32 Å². The molecule has 0 fully saturated rings. The predicted molar refractivity (Wildman–Crippen MR) is 78.1 cm³/mol. The normalized spacial score (nSPS) is 11.6. The highest BCUT2D eigenvalue weighted by molar-refractivity contribution is 5.94. The molecule has 0 aliphatic carbocycles. The Morgan fingerprint density at radius 3 is 2.23 bits per heavy atom. The van der Waals surface area contributed by atoms with Crippen molar-refractivity contribution in [2.45, 2.75) is 13.0 Å². The van der Waals surface area contributed by atoms with Crippen molar-refractivity contribution >= 4 is 11.6 Å². The van der Waals surface area contributed by atoms with Crippen LogP contribution in [-0.2, 0) is 4.79 Å². The molecule has 116 valence electrons. The van der Waals surface area contributed by atoms with Gasteiger partial charge in [0, 0.05) is 0 Å². The van der Waals surface area contributed by atoms with Crippen molar-refractivity contribution in [3.63, 3.8) is 0 Å². The summed E-state index contributed by atoms with van der Waals surface area (Å²) >= 11 is 0. The molecular weight excluding hydrogens is 292 g/mol. The molecule has 0 saturated carbocycles. The smallest absolute Gasteiger partial charge is 0.265 e. The number of amides is 1. The van der Waals surface area contributed by atoms with Crippen molar-refractivity contribution in [3.8, 4) is 11.5 Å². The first-order chi connectivity index (χ1) is 10.5. The van der Waals surface area contributed by atoms with Gasteiger partial charge in [-0.05, 0) is 31.2 Å². The molecule has 0 bridgehead atoms. The Bertz CT molecular complexity index is 656. The van der Waals surface area contributed by atoms with E-state index >= 15 is 0 Å². The van der Waals surface area contributed by atoms with Gasteiger partial charge in [-0.25, -0.2) is 8.78 Å². The zero-order valence-electron chi connectivity index (χ0n) is 12.1. The number of carbonyl (C=O) groups is 1. The van der Waals surface area contributed by atoms with E-state index in [0.717, 1.165) is 12.1 Å². The van der Waals surface area contributed by atoms with Crippen molar-refractivity contribution < 1.29 is 23.0 Å². The fourth-order valence-electron chi connectivity index (χ4n) is 1.80. The number of anilines is 1. The maximum absolute atomic E-state index is 13.5. The summed E-state index contributed by atoms with van der Waals surface area (Å²) in [6, 6.07) is 10.1. The van der Waals surface area contributed by atoms with Gasteiger partial charge in [0.2, 0.25) is 0 Å². The summed E-state index contributed by atoms with van der Waals surface area (Å²) in [5.74, 6) is -1.55. The van der Waals surface area contributed by atoms with Gasteiger partial charge in [-0.15, -0.1) is 0 Å². The van der Waals surface area contributed by atoms with E-state index < -0.39 is 29.3 Å². The first-order valence-electron chi connectivity index (χ1n) is 6.57. The second kappa shape index (κ2) is 6.89. The van der Waals surface area contributed by atoms with E-state index in [1.807, 2.05) is 0 Å². The van der Waals surface area contributed by atoms with Crippen LogP contribution in [0.2, 0.25) is 0 Å². The predicted octanol–water partition coefficient (Wildman–Crippen LogP) is 3.38. The maximum Gasteiger partial charge on any atom is 0.265 e. The largest absolute Gasteiger partial charge is 0.493 e. The molecule has 6 heteroatoms. The minimum absolute atomic E-state index is 0.363. The van der Waals surface area contributed by atoms with Crippen LogP contribution in [0.4, 0.5) is 14.5 Å². The lowest BCUT2D eigenvalue weighted by Gasteiger charge is -2.17. The summed E-state index contributed by atoms with van der Waals surface area (Å²) in [6.07, 6.45) is -0.963. The lowest BCUT2D eigenvalue weighted by molar-refractivity contribution is -0.122. The Balaban J connectivity index is 2.10. The quantitative estimate of drug-likeness (QED) is 0.921. The van der Waals surface area contributed by atoms with Crippen molar-refractivity contribution in [2.24, 2.45) is 0 Å². The van der Waals surface area contributed by atoms with Crippen LogP contribution in [0.3, 0.4) is 0 Å². The fourth-order valence-corrected chi connectivity index (χ4v) is 1.80. The highest BCUT2D eigenvalue weighted by Gasteiger charge is 2.19. The molecule has 0 aliphatic heterocycles. The molecule has 2 aromatic rings. The molecule has 4 nitrogen and oxygen atoms in total. The number of nitrogens with one attached hydrogen (secondary N) is 1. The van der Waals surface area contributed by atoms with Crippen LogP contribution in [-0.4, -0.2) is 19.1 Å². The van der Waals surface area contributed by atoms with E-state index in [1.165, 1.54) is 20.1 Å². The number of rotatable bonds is 5. The second-order valence-corrected chi connectivity index (χ2v) is 4.50. The van der Waals surface area contributed by atoms with Crippen LogP contribution in [0.25, 0.3) is 0 Å². The van der Waals surface area contributed by atoms with E-state index in [4.69, 9.17) is 9.47 Å². The first kappa shape index (κ1) is 15.8. The summed E-state index contributed by atoms with van der Waals surface area (Å²) in [7, 11) is 1.47. The average Bonchev–Trinajstić information content (AvgIpc) is 2.51. The third-order valence-electron chi connectivity index (χ3n) is 2.95. The Morgan fingerprint density at radius 2 is 1.64 bits per heavy atom. The zero-order valence-corrected chi connectivity index (χ0v) is 12.1. The van der Waals surface area contributed by atoms with Crippen LogP contribution in [0.15, 0.2) is 42.5 Å². The number of hydrogen-bond acceptors (Lipinski definition) is 3. The maximum atomic E-state index is 13.5. The lowest BCUT2D eigenvalue weighted by atomic mass is 10.2. The number of carbonyl (C=O) groups excluding carboxylic acids is 1. The van der Waals surface area contributed by atoms with Crippen LogP contribution < -0.4 is 14.8 Å². The van der Waals surface area contributed by atoms with Crippen molar-refractivity contribution in [2.75, 3.05) is 12.4 Å². The van der Waals surface area contributed by atoms with Crippen molar-refractivity contribution in [1.82, 2.24) is 0 Å². The first-order valence-corrected chi connectivity index (χ1v) is 6.57. The second-order valence-electron chi connectivity index (χ2n) is 4.50. The SMILES string of the molecule is COc1ccccc1O[C@@H](C)C(=O)Nc1c(F)cccc1F. The zero-order chi connectivity index (χ0) is 16.1. The van der Waals surface area contributed by atoms with Crippen molar-refractivity contribution in [3.05, 3.63) is 54.1 Å². The van der Waals surface area contributed by atoms with Gasteiger partial charge in [0.25, 0.3) is 5.91 Å². The fraction of sp³-hybridized carbons (Fsp3) is 0.188. The highest BCUT2D eigenvalue weighted by atomic mass is 19.1. The average molecular weight is 307 g/mol. The summed E-state index contributed by atoms with van der Waals surface area (Å²) in [4.78, 5) is 12.0. The molecule has 0 saturated heterocycles. The van der Waals surface area contributed by atoms with Crippen LogP contribution in [0.1, 0.15) is 6.92 Å². The van der Waals surface area contributed by atoms with Gasteiger partial charge >= 0.3 is 0 Å². The topological polar surface area (TPSA) is 47.6 Å². The number of benzene rings is 2. The number of halogens is 2. The molecule has 22 heavy (non-hydrogen) atoms. The Labute approximate surface area is 126 Å². The third kappa shape index (κ3) is 3.52. The van der Waals surface area contributed by atoms with Gasteiger partial charge in [0.15, 0.2) is 17.6 Å². The van der Waals surface area contributed by atoms with Gasteiger partial charge < -0.3 is 14.8 Å². The van der Waals surface area contributed by atoms with E-state index in [1.54, 1.807) is 24.3 Å². The Morgan fingerprint density at radius 1 is 1.05 bits per heavy atom. The molecule has 1 N–H and O–H groups in total. The number of ether oxygens (including phenoxy) is 2. The van der Waals surface area contributed by atoms with E-state index in [9.17, 15) is 13.6 Å². The van der Waals surface area contributed by atoms with Gasteiger partial charge in [-0.3, -0.25) is 4.79 Å². The minimum Gasteiger partial charge on any atom is -0.493 e.